The Hall–Kier alpha value is -1.29. The Labute approximate surface area is 98.4 Å². The van der Waals surface area contributed by atoms with Gasteiger partial charge in [0.1, 0.15) is 5.52 Å². The van der Waals surface area contributed by atoms with Gasteiger partial charge in [0.15, 0.2) is 5.65 Å². The minimum Gasteiger partial charge on any atom is -0.369 e. The molecule has 0 aliphatic heterocycles. The monoisotopic (exact) mass is 236 g/mol. The Morgan fingerprint density at radius 3 is 2.88 bits per heavy atom. The number of pyridine rings is 1. The van der Waals surface area contributed by atoms with Gasteiger partial charge in [-0.2, -0.15) is 0 Å². The molecule has 0 aromatic carbocycles. The van der Waals surface area contributed by atoms with Crippen molar-refractivity contribution in [1.29, 1.82) is 0 Å². The fourth-order valence-electron chi connectivity index (χ4n) is 2.40. The second-order valence-electron chi connectivity index (χ2n) is 4.65. The summed E-state index contributed by atoms with van der Waals surface area (Å²) in [6.07, 6.45) is 5.15. The van der Waals surface area contributed by atoms with Gasteiger partial charge in [-0.25, -0.2) is 9.97 Å². The first-order chi connectivity index (χ1) is 7.60. The molecule has 16 heavy (non-hydrogen) atoms. The van der Waals surface area contributed by atoms with E-state index in [4.69, 9.17) is 17.3 Å². The van der Waals surface area contributed by atoms with Crippen LogP contribution in [-0.2, 0) is 5.54 Å². The average molecular weight is 237 g/mol. The van der Waals surface area contributed by atoms with Crippen LogP contribution in [-0.4, -0.2) is 14.5 Å². The second kappa shape index (κ2) is 3.10. The molecular formula is C11H13ClN4. The quantitative estimate of drug-likeness (QED) is 0.828. The number of nitrogens with two attached hydrogens (primary N) is 1. The molecule has 1 aliphatic rings. The lowest BCUT2D eigenvalue weighted by Crippen LogP contribution is -2.38. The lowest BCUT2D eigenvalue weighted by Gasteiger charge is -2.40. The summed E-state index contributed by atoms with van der Waals surface area (Å²) in [6.45, 7) is 2.20. The van der Waals surface area contributed by atoms with Crippen molar-refractivity contribution in [3.63, 3.8) is 0 Å². The van der Waals surface area contributed by atoms with Gasteiger partial charge in [0, 0.05) is 11.7 Å². The third kappa shape index (κ3) is 1.23. The third-order valence-electron chi connectivity index (χ3n) is 3.46. The Morgan fingerprint density at radius 1 is 1.50 bits per heavy atom. The maximum Gasteiger partial charge on any atom is 0.202 e. The van der Waals surface area contributed by atoms with E-state index in [1.807, 2.05) is 4.57 Å². The minimum absolute atomic E-state index is 0.0830. The number of fused-ring (bicyclic) bond motifs is 1. The number of anilines is 1. The van der Waals surface area contributed by atoms with Crippen molar-refractivity contribution in [3.05, 3.63) is 17.3 Å². The van der Waals surface area contributed by atoms with Crippen LogP contribution in [0.25, 0.3) is 11.2 Å². The molecule has 1 saturated carbocycles. The summed E-state index contributed by atoms with van der Waals surface area (Å²) >= 11 is 5.89. The molecule has 0 amide bonds. The van der Waals surface area contributed by atoms with Crippen molar-refractivity contribution in [1.82, 2.24) is 14.5 Å². The van der Waals surface area contributed by atoms with Gasteiger partial charge in [-0.15, -0.1) is 0 Å². The standard InChI is InChI=1S/C11H13ClN4/c1-11(3-2-4-11)16-9-8(15-10(16)13)5-7(12)6-14-9/h5-6H,2-4H2,1H3,(H2,13,15). The van der Waals surface area contributed by atoms with E-state index in [1.165, 1.54) is 6.42 Å². The number of aromatic nitrogens is 3. The van der Waals surface area contributed by atoms with Crippen LogP contribution in [0.5, 0.6) is 0 Å². The van der Waals surface area contributed by atoms with Crippen molar-refractivity contribution >= 4 is 28.7 Å². The van der Waals surface area contributed by atoms with Crippen LogP contribution in [0.2, 0.25) is 5.02 Å². The predicted octanol–water partition coefficient (Wildman–Crippen LogP) is 2.57. The van der Waals surface area contributed by atoms with Gasteiger partial charge in [0.25, 0.3) is 0 Å². The molecule has 5 heteroatoms. The Kier molecular flexibility index (Phi) is 1.92. The summed E-state index contributed by atoms with van der Waals surface area (Å²) in [5.74, 6) is 0.534. The summed E-state index contributed by atoms with van der Waals surface area (Å²) in [5, 5.41) is 0.593. The van der Waals surface area contributed by atoms with E-state index in [9.17, 15) is 0 Å². The maximum atomic E-state index is 5.97. The summed E-state index contributed by atoms with van der Waals surface area (Å²) < 4.78 is 2.04. The zero-order valence-corrected chi connectivity index (χ0v) is 9.83. The van der Waals surface area contributed by atoms with E-state index >= 15 is 0 Å². The smallest absolute Gasteiger partial charge is 0.202 e. The van der Waals surface area contributed by atoms with E-state index in [-0.39, 0.29) is 5.54 Å². The van der Waals surface area contributed by atoms with Crippen LogP contribution < -0.4 is 5.73 Å². The number of halogens is 1. The molecule has 0 saturated heterocycles. The van der Waals surface area contributed by atoms with Crippen LogP contribution in [0.1, 0.15) is 26.2 Å². The first-order valence-electron chi connectivity index (χ1n) is 5.40. The van der Waals surface area contributed by atoms with Crippen LogP contribution in [0.4, 0.5) is 5.95 Å². The van der Waals surface area contributed by atoms with Crippen molar-refractivity contribution in [3.8, 4) is 0 Å². The van der Waals surface area contributed by atoms with Gasteiger partial charge in [0.2, 0.25) is 5.95 Å². The van der Waals surface area contributed by atoms with Gasteiger partial charge in [-0.3, -0.25) is 4.57 Å². The molecule has 84 valence electrons. The number of imidazole rings is 1. The maximum absolute atomic E-state index is 5.97. The molecule has 1 fully saturated rings. The molecule has 2 N–H and O–H groups in total. The van der Waals surface area contributed by atoms with Crippen molar-refractivity contribution in [2.24, 2.45) is 0 Å². The zero-order chi connectivity index (χ0) is 11.3. The molecule has 2 aromatic heterocycles. The Balaban J connectivity index is 2.27. The average Bonchev–Trinajstić information content (AvgIpc) is 2.50. The zero-order valence-electron chi connectivity index (χ0n) is 9.07. The largest absolute Gasteiger partial charge is 0.369 e. The molecular weight excluding hydrogens is 224 g/mol. The van der Waals surface area contributed by atoms with E-state index in [1.54, 1.807) is 12.3 Å². The highest BCUT2D eigenvalue weighted by molar-refractivity contribution is 6.31. The number of rotatable bonds is 1. The predicted molar refractivity (Wildman–Crippen MR) is 64.4 cm³/mol. The van der Waals surface area contributed by atoms with Gasteiger partial charge >= 0.3 is 0 Å². The van der Waals surface area contributed by atoms with Crippen molar-refractivity contribution in [2.75, 3.05) is 5.73 Å². The minimum atomic E-state index is 0.0830. The van der Waals surface area contributed by atoms with E-state index in [0.717, 1.165) is 24.0 Å². The highest BCUT2D eigenvalue weighted by Crippen LogP contribution is 2.41. The molecule has 3 rings (SSSR count). The molecule has 0 atom stereocenters. The van der Waals surface area contributed by atoms with E-state index in [2.05, 4.69) is 16.9 Å². The number of nitrogen functional groups attached to an aromatic ring is 1. The van der Waals surface area contributed by atoms with E-state index < -0.39 is 0 Å². The Bertz CT molecular complexity index is 556. The fraction of sp³-hybridized carbons (Fsp3) is 0.455. The highest BCUT2D eigenvalue weighted by atomic mass is 35.5. The second-order valence-corrected chi connectivity index (χ2v) is 5.09. The third-order valence-corrected chi connectivity index (χ3v) is 3.67. The molecule has 4 nitrogen and oxygen atoms in total. The SMILES string of the molecule is CC1(n2c(N)nc3cc(Cl)cnc32)CCC1. The number of hydrogen-bond acceptors (Lipinski definition) is 3. The molecule has 2 heterocycles. The summed E-state index contributed by atoms with van der Waals surface area (Å²) in [6, 6.07) is 1.80. The molecule has 1 aliphatic carbocycles. The van der Waals surface area contributed by atoms with Crippen molar-refractivity contribution in [2.45, 2.75) is 31.7 Å². The van der Waals surface area contributed by atoms with E-state index in [0.29, 0.717) is 11.0 Å². The molecule has 0 spiro atoms. The normalized spacial score (nSPS) is 18.6. The highest BCUT2D eigenvalue weighted by Gasteiger charge is 2.36. The van der Waals surface area contributed by atoms with Crippen LogP contribution >= 0.6 is 11.6 Å². The summed E-state index contributed by atoms with van der Waals surface area (Å²) in [4.78, 5) is 8.65. The van der Waals surface area contributed by atoms with Crippen LogP contribution in [0.3, 0.4) is 0 Å². The first-order valence-corrected chi connectivity index (χ1v) is 5.78. The molecule has 0 unspecified atom stereocenters. The summed E-state index contributed by atoms with van der Waals surface area (Å²) in [7, 11) is 0. The number of hydrogen-bond donors (Lipinski definition) is 1. The lowest BCUT2D eigenvalue weighted by molar-refractivity contribution is 0.177. The number of nitrogens with zero attached hydrogens (tertiary/aromatic N) is 3. The fourth-order valence-corrected chi connectivity index (χ4v) is 2.55. The van der Waals surface area contributed by atoms with Crippen molar-refractivity contribution < 1.29 is 0 Å². The summed E-state index contributed by atoms with van der Waals surface area (Å²) in [5.41, 5.74) is 7.66. The molecule has 0 bridgehead atoms. The molecule has 0 radical (unpaired) electrons. The van der Waals surface area contributed by atoms with Gasteiger partial charge < -0.3 is 5.73 Å². The lowest BCUT2D eigenvalue weighted by atomic mass is 9.78. The van der Waals surface area contributed by atoms with Gasteiger partial charge in [-0.05, 0) is 32.3 Å². The molecule has 2 aromatic rings. The first kappa shape index (κ1) is 9.90. The van der Waals surface area contributed by atoms with Crippen LogP contribution in [0, 0.1) is 0 Å². The van der Waals surface area contributed by atoms with Gasteiger partial charge in [-0.1, -0.05) is 11.6 Å². The van der Waals surface area contributed by atoms with Crippen LogP contribution in [0.15, 0.2) is 12.3 Å². The Morgan fingerprint density at radius 2 is 2.25 bits per heavy atom. The topological polar surface area (TPSA) is 56.7 Å². The van der Waals surface area contributed by atoms with Gasteiger partial charge in [0.05, 0.1) is 5.02 Å².